The van der Waals surface area contributed by atoms with Crippen LogP contribution in [0.15, 0.2) is 85.5 Å². The Morgan fingerprint density at radius 3 is 2.30 bits per heavy atom. The summed E-state index contributed by atoms with van der Waals surface area (Å²) in [6.45, 7) is 5.42. The molecular weight excluding hydrogens is 382 g/mol. The third-order valence-corrected chi connectivity index (χ3v) is 8.95. The van der Waals surface area contributed by atoms with Crippen LogP contribution in [0.3, 0.4) is 0 Å². The van der Waals surface area contributed by atoms with E-state index in [-0.39, 0.29) is 16.9 Å². The number of carbonyl (C=O) groups excluding carboxylic acids is 1. The van der Waals surface area contributed by atoms with Crippen LogP contribution in [0.5, 0.6) is 0 Å². The largest absolute Gasteiger partial charge is 0.0149 e. The Morgan fingerprint density at radius 2 is 1.70 bits per heavy atom. The molecule has 2 nitrogen and oxygen atoms in total. The van der Waals surface area contributed by atoms with Crippen LogP contribution in [0, 0.1) is 0 Å². The normalized spacial score (nSPS) is 14.6. The van der Waals surface area contributed by atoms with Crippen LogP contribution < -0.4 is 3.80 Å². The van der Waals surface area contributed by atoms with Crippen LogP contribution in [0.4, 0.5) is 0 Å². The third kappa shape index (κ3) is 6.32. The molecule has 4 heteroatoms. The molecule has 0 saturated heterocycles. The average Bonchev–Trinajstić information content (AvgIpc) is 3.08. The van der Waals surface area contributed by atoms with Gasteiger partial charge in [0.1, 0.15) is 0 Å². The molecule has 1 aliphatic carbocycles. The van der Waals surface area contributed by atoms with Crippen LogP contribution in [0.2, 0.25) is 10.5 Å². The molecule has 27 heavy (non-hydrogen) atoms. The van der Waals surface area contributed by atoms with Crippen molar-refractivity contribution in [1.82, 2.24) is 3.80 Å². The van der Waals surface area contributed by atoms with E-state index in [0.29, 0.717) is 4.22 Å². The molecule has 2 aromatic rings. The van der Waals surface area contributed by atoms with Crippen molar-refractivity contribution >= 4 is 22.9 Å². The zero-order chi connectivity index (χ0) is 19.0. The van der Waals surface area contributed by atoms with Crippen LogP contribution in [-0.4, -0.2) is 16.9 Å². The smallest absolute Gasteiger partial charge is 0.0149 e. The molecule has 0 heterocycles. The Morgan fingerprint density at radius 1 is 1.07 bits per heavy atom. The van der Waals surface area contributed by atoms with E-state index in [1.807, 2.05) is 49.4 Å². The van der Waals surface area contributed by atoms with Crippen molar-refractivity contribution in [3.05, 3.63) is 102 Å². The first-order valence-electron chi connectivity index (χ1n) is 8.88. The first-order chi connectivity index (χ1) is 12.5. The Hall–Kier alpha value is -1.94. The number of amides is 1. The molecule has 1 N–H and O–H groups in total. The van der Waals surface area contributed by atoms with Crippen molar-refractivity contribution in [3.63, 3.8) is 0 Å². The number of hydrogen-bond acceptors (Lipinski definition) is 1. The van der Waals surface area contributed by atoms with E-state index in [9.17, 15) is 4.79 Å². The molecule has 0 spiro atoms. The van der Waals surface area contributed by atoms with Gasteiger partial charge < -0.3 is 0 Å². The number of benzene rings is 2. The second-order valence-electron chi connectivity index (χ2n) is 6.77. The molecule has 1 atom stereocenters. The summed E-state index contributed by atoms with van der Waals surface area (Å²) in [5, 5.41) is 4.52. The molecule has 0 aromatic heterocycles. The molecule has 2 aromatic carbocycles. The summed E-state index contributed by atoms with van der Waals surface area (Å²) in [4.78, 5) is 12.4. The average molecular weight is 413 g/mol. The van der Waals surface area contributed by atoms with Crippen molar-refractivity contribution in [1.29, 1.82) is 0 Å². The molecule has 0 fully saturated rings. The second kappa shape index (κ2) is 11.0. The first kappa shape index (κ1) is 23.1. The summed E-state index contributed by atoms with van der Waals surface area (Å²) in [5.41, 5.74) is 3.39. The summed E-state index contributed by atoms with van der Waals surface area (Å²) in [6.07, 6.45) is 10.0. The van der Waals surface area contributed by atoms with E-state index in [4.69, 9.17) is 0 Å². The Balaban J connectivity index is 0.000000542. The molecule has 1 amide bonds. The van der Waals surface area contributed by atoms with Gasteiger partial charge in [0.05, 0.1) is 0 Å². The van der Waals surface area contributed by atoms with Crippen molar-refractivity contribution in [2.45, 2.75) is 21.6 Å². The summed E-state index contributed by atoms with van der Waals surface area (Å²) in [5.74, 6) is 0.0541. The van der Waals surface area contributed by atoms with E-state index in [1.165, 1.54) is 11.1 Å². The molecule has 0 radical (unpaired) electrons. The fraction of sp³-hybridized carbons (Fsp3) is 0.174. The van der Waals surface area contributed by atoms with Gasteiger partial charge in [-0.05, 0) is 17.9 Å². The summed E-state index contributed by atoms with van der Waals surface area (Å²) in [6, 6.07) is 17.9. The molecule has 0 aliphatic heterocycles. The molecule has 0 bridgehead atoms. The van der Waals surface area contributed by atoms with Crippen LogP contribution in [-0.2, 0) is 16.8 Å². The number of fused-ring (bicyclic) bond motifs is 1. The Labute approximate surface area is 171 Å². The molecule has 1 unspecified atom stereocenters. The van der Waals surface area contributed by atoms with E-state index < -0.39 is 16.8 Å². The van der Waals surface area contributed by atoms with Crippen molar-refractivity contribution in [2.24, 2.45) is 0 Å². The fourth-order valence-electron chi connectivity index (χ4n) is 3.05. The predicted molar refractivity (Wildman–Crippen MR) is 120 cm³/mol. The number of hydrogen-bond donors (Lipinski definition) is 1. The molecule has 142 valence electrons. The summed E-state index contributed by atoms with van der Waals surface area (Å²) >= 11 is -2.52. The number of allylic oxidation sites excluding steroid dienone is 4. The van der Waals surface area contributed by atoms with Crippen LogP contribution in [0.25, 0.3) is 6.08 Å². The van der Waals surface area contributed by atoms with Gasteiger partial charge in [-0.2, -0.15) is 0 Å². The fourth-order valence-corrected chi connectivity index (χ4v) is 6.96. The maximum Gasteiger partial charge on any atom is -0.0149 e. The van der Waals surface area contributed by atoms with E-state index in [1.54, 1.807) is 6.08 Å². The SMILES string of the molecule is C=CC=CC.[CH3][Ti]([CH3])([NH]C(=O)c1ccccc1)[CH]1C=Cc2ccccc21.[SiH4]. The quantitative estimate of drug-likeness (QED) is 0.574. The molecule has 1 aliphatic rings. The molecule has 0 saturated carbocycles. The van der Waals surface area contributed by atoms with Crippen LogP contribution >= 0.6 is 0 Å². The maximum absolute atomic E-state index is 12.4. The maximum atomic E-state index is 12.4. The van der Waals surface area contributed by atoms with Crippen molar-refractivity contribution < 1.29 is 21.6 Å². The van der Waals surface area contributed by atoms with Gasteiger partial charge in [0, 0.05) is 0 Å². The first-order valence-corrected chi connectivity index (χ1v) is 13.7. The molecule has 3 rings (SSSR count). The number of rotatable bonds is 4. The van der Waals surface area contributed by atoms with Gasteiger partial charge in [0.2, 0.25) is 0 Å². The Bertz CT molecular complexity index is 812. The van der Waals surface area contributed by atoms with Crippen LogP contribution in [0.1, 0.15) is 32.6 Å². The Kier molecular flexibility index (Phi) is 9.44. The van der Waals surface area contributed by atoms with E-state index >= 15 is 0 Å². The number of carbonyl (C=O) groups is 1. The van der Waals surface area contributed by atoms with Gasteiger partial charge in [-0.15, -0.1) is 0 Å². The number of nitrogens with one attached hydrogen (secondary N) is 1. The van der Waals surface area contributed by atoms with E-state index in [2.05, 4.69) is 57.3 Å². The van der Waals surface area contributed by atoms with Gasteiger partial charge in [-0.3, -0.25) is 0 Å². The minimum Gasteiger partial charge on any atom is -0.0149 e. The van der Waals surface area contributed by atoms with Gasteiger partial charge in [-0.25, -0.2) is 0 Å². The van der Waals surface area contributed by atoms with Gasteiger partial charge in [-0.1, -0.05) is 24.8 Å². The topological polar surface area (TPSA) is 29.1 Å². The standard InChI is InChI=1S/C9H7.C7H7NO.C5H8.2CH3.H4Si.Ti/c1-2-5-9-7-3-6-8(9)4-1;8-7(9)6-4-2-1-3-5-6;1-3-5-4-2;;;;/h1-7H;1-5H,(H2,8,9);3-5H,1H2,2H3;2*1H3;1H4;/q;;;;;;+1/p-1. The summed E-state index contributed by atoms with van der Waals surface area (Å²) < 4.78 is 3.74. The second-order valence-corrected chi connectivity index (χ2v) is 13.5. The zero-order valence-corrected chi connectivity index (χ0v) is 17.3. The predicted octanol–water partition coefficient (Wildman–Crippen LogP) is 4.65. The van der Waals surface area contributed by atoms with Crippen molar-refractivity contribution in [2.75, 3.05) is 0 Å². The zero-order valence-electron chi connectivity index (χ0n) is 15.8. The monoisotopic (exact) mass is 413 g/mol. The van der Waals surface area contributed by atoms with Gasteiger partial charge in [0.15, 0.2) is 0 Å². The third-order valence-electron chi connectivity index (χ3n) is 4.38. The minimum absolute atomic E-state index is 0. The van der Waals surface area contributed by atoms with Gasteiger partial charge in [0.25, 0.3) is 0 Å². The van der Waals surface area contributed by atoms with Crippen molar-refractivity contribution in [3.8, 4) is 0 Å². The summed E-state index contributed by atoms with van der Waals surface area (Å²) in [7, 11) is 0. The molecular formula is C23H31NOSiTi. The minimum atomic E-state index is -2.52. The van der Waals surface area contributed by atoms with Gasteiger partial charge >= 0.3 is 129 Å². The van der Waals surface area contributed by atoms with E-state index in [0.717, 1.165) is 5.56 Å².